The second-order valence-corrected chi connectivity index (χ2v) is 2.57. The number of nitrogens with zero attached hydrogens (tertiary/aromatic N) is 2. The highest BCUT2D eigenvalue weighted by Crippen LogP contribution is 2.03. The first kappa shape index (κ1) is 9.63. The molecular weight excluding hydrogens is 174 g/mol. The van der Waals surface area contributed by atoms with Crippen molar-refractivity contribution in [2.45, 2.75) is 13.3 Å². The van der Waals surface area contributed by atoms with E-state index in [1.54, 1.807) is 5.01 Å². The molecule has 0 atom stereocenters. The van der Waals surface area contributed by atoms with Crippen LogP contribution in [-0.4, -0.2) is 41.9 Å². The third-order valence-electron chi connectivity index (χ3n) is 1.61. The van der Waals surface area contributed by atoms with Gasteiger partial charge < -0.3 is 15.2 Å². The van der Waals surface area contributed by atoms with E-state index < -0.39 is 6.09 Å². The zero-order valence-electron chi connectivity index (χ0n) is 7.49. The van der Waals surface area contributed by atoms with Gasteiger partial charge in [-0.15, -0.1) is 5.10 Å². The molecule has 6 nitrogen and oxygen atoms in total. The summed E-state index contributed by atoms with van der Waals surface area (Å²) in [5, 5.41) is 16.4. The van der Waals surface area contributed by atoms with E-state index in [0.29, 0.717) is 25.6 Å². The molecule has 0 aromatic rings. The first-order chi connectivity index (χ1) is 6.22. The highest BCUT2D eigenvalue weighted by Gasteiger charge is 2.12. The first-order valence-corrected chi connectivity index (χ1v) is 4.14. The quantitative estimate of drug-likeness (QED) is 0.662. The van der Waals surface area contributed by atoms with Crippen LogP contribution in [0.15, 0.2) is 5.10 Å². The molecule has 6 heteroatoms. The van der Waals surface area contributed by atoms with E-state index in [0.717, 1.165) is 6.54 Å². The van der Waals surface area contributed by atoms with Crippen LogP contribution in [0.2, 0.25) is 0 Å². The molecule has 0 fully saturated rings. The van der Waals surface area contributed by atoms with Gasteiger partial charge in [-0.2, -0.15) is 0 Å². The lowest BCUT2D eigenvalue weighted by molar-refractivity contribution is 0.173. The summed E-state index contributed by atoms with van der Waals surface area (Å²) < 4.78 is 5.18. The molecule has 1 heterocycles. The lowest BCUT2D eigenvalue weighted by atomic mass is 10.4. The number of rotatable bonds is 4. The van der Waals surface area contributed by atoms with Crippen molar-refractivity contribution in [3.8, 4) is 0 Å². The van der Waals surface area contributed by atoms with Crippen LogP contribution in [0.25, 0.3) is 0 Å². The van der Waals surface area contributed by atoms with Gasteiger partial charge in [-0.3, -0.25) is 5.01 Å². The minimum absolute atomic E-state index is 0.339. The number of hydrogen-bond acceptors (Lipinski definition) is 4. The number of ether oxygens (including phenoxy) is 1. The van der Waals surface area contributed by atoms with E-state index in [-0.39, 0.29) is 0 Å². The van der Waals surface area contributed by atoms with Crippen LogP contribution in [0.4, 0.5) is 4.79 Å². The van der Waals surface area contributed by atoms with E-state index in [9.17, 15) is 4.79 Å². The van der Waals surface area contributed by atoms with Gasteiger partial charge in [-0.05, 0) is 6.92 Å². The van der Waals surface area contributed by atoms with Crippen LogP contribution in [0.1, 0.15) is 13.3 Å². The van der Waals surface area contributed by atoms with Crippen LogP contribution < -0.4 is 5.32 Å². The van der Waals surface area contributed by atoms with Crippen LogP contribution in [0, 0.1) is 0 Å². The predicted octanol–water partition coefficient (Wildman–Crippen LogP) is 0.267. The van der Waals surface area contributed by atoms with Gasteiger partial charge in [0.05, 0.1) is 0 Å². The normalized spacial score (nSPS) is 15.2. The van der Waals surface area contributed by atoms with E-state index in [2.05, 4.69) is 10.4 Å². The Hall–Kier alpha value is -1.46. The minimum Gasteiger partial charge on any atom is -0.465 e. The zero-order valence-corrected chi connectivity index (χ0v) is 7.49. The molecule has 0 radical (unpaired) electrons. The standard InChI is InChI=1S/C7H13N3O3/c1-2-10-5-13-6(9-10)3-4-8-7(11)12/h8H,2-5H2,1H3,(H,11,12). The second kappa shape index (κ2) is 4.54. The summed E-state index contributed by atoms with van der Waals surface area (Å²) in [5.74, 6) is 0.593. The maximum absolute atomic E-state index is 10.1. The van der Waals surface area contributed by atoms with Crippen molar-refractivity contribution in [2.75, 3.05) is 19.8 Å². The summed E-state index contributed by atoms with van der Waals surface area (Å²) in [6.07, 6.45) is -0.519. The Kier molecular flexibility index (Phi) is 3.36. The van der Waals surface area contributed by atoms with Gasteiger partial charge in [0, 0.05) is 19.5 Å². The van der Waals surface area contributed by atoms with E-state index in [1.807, 2.05) is 6.92 Å². The van der Waals surface area contributed by atoms with Gasteiger partial charge in [0.15, 0.2) is 6.73 Å². The Labute approximate surface area is 76.2 Å². The maximum atomic E-state index is 10.1. The number of carbonyl (C=O) groups is 1. The molecule has 0 bridgehead atoms. The van der Waals surface area contributed by atoms with Crippen LogP contribution >= 0.6 is 0 Å². The van der Waals surface area contributed by atoms with Gasteiger partial charge in [-0.1, -0.05) is 0 Å². The molecule has 1 rings (SSSR count). The molecule has 13 heavy (non-hydrogen) atoms. The monoisotopic (exact) mass is 187 g/mol. The lowest BCUT2D eigenvalue weighted by Crippen LogP contribution is -2.23. The average Bonchev–Trinajstić information content (AvgIpc) is 2.52. The summed E-state index contributed by atoms with van der Waals surface area (Å²) in [4.78, 5) is 10.1. The molecule has 74 valence electrons. The molecule has 0 aromatic heterocycles. The number of hydrogen-bond donors (Lipinski definition) is 2. The highest BCUT2D eigenvalue weighted by molar-refractivity contribution is 5.77. The van der Waals surface area contributed by atoms with Crippen molar-refractivity contribution >= 4 is 12.0 Å². The van der Waals surface area contributed by atoms with Crippen molar-refractivity contribution in [1.29, 1.82) is 0 Å². The Morgan fingerprint density at radius 3 is 3.15 bits per heavy atom. The molecule has 0 aromatic carbocycles. The first-order valence-electron chi connectivity index (χ1n) is 4.14. The Morgan fingerprint density at radius 1 is 1.85 bits per heavy atom. The largest absolute Gasteiger partial charge is 0.465 e. The Bertz CT molecular complexity index is 217. The smallest absolute Gasteiger partial charge is 0.404 e. The van der Waals surface area contributed by atoms with Crippen LogP contribution in [0.5, 0.6) is 0 Å². The van der Waals surface area contributed by atoms with Gasteiger partial charge in [0.1, 0.15) is 0 Å². The van der Waals surface area contributed by atoms with Crippen LogP contribution in [0.3, 0.4) is 0 Å². The Balaban J connectivity index is 2.19. The molecule has 0 spiro atoms. The summed E-state index contributed by atoms with van der Waals surface area (Å²) in [5.41, 5.74) is 0. The van der Waals surface area contributed by atoms with Crippen molar-refractivity contribution in [2.24, 2.45) is 5.10 Å². The molecule has 0 saturated heterocycles. The van der Waals surface area contributed by atoms with Crippen LogP contribution in [-0.2, 0) is 4.74 Å². The van der Waals surface area contributed by atoms with Gasteiger partial charge in [-0.25, -0.2) is 4.79 Å². The summed E-state index contributed by atoms with van der Waals surface area (Å²) in [6, 6.07) is 0. The van der Waals surface area contributed by atoms with Gasteiger partial charge in [0.25, 0.3) is 0 Å². The predicted molar refractivity (Wildman–Crippen MR) is 46.4 cm³/mol. The second-order valence-electron chi connectivity index (χ2n) is 2.57. The van der Waals surface area contributed by atoms with Gasteiger partial charge in [0.2, 0.25) is 5.90 Å². The van der Waals surface area contributed by atoms with Gasteiger partial charge >= 0.3 is 6.09 Å². The van der Waals surface area contributed by atoms with Crippen molar-refractivity contribution < 1.29 is 14.6 Å². The number of carboxylic acid groups (broad SMARTS) is 1. The fourth-order valence-corrected chi connectivity index (χ4v) is 0.925. The summed E-state index contributed by atoms with van der Waals surface area (Å²) in [6.45, 7) is 3.59. The topological polar surface area (TPSA) is 74.2 Å². The third-order valence-corrected chi connectivity index (χ3v) is 1.61. The number of nitrogens with one attached hydrogen (secondary N) is 1. The fourth-order valence-electron chi connectivity index (χ4n) is 0.925. The number of amides is 1. The van der Waals surface area contributed by atoms with E-state index in [1.165, 1.54) is 0 Å². The molecule has 1 aliphatic heterocycles. The fraction of sp³-hybridized carbons (Fsp3) is 0.714. The molecule has 2 N–H and O–H groups in total. The van der Waals surface area contributed by atoms with E-state index in [4.69, 9.17) is 9.84 Å². The molecule has 0 aliphatic carbocycles. The van der Waals surface area contributed by atoms with Crippen molar-refractivity contribution in [1.82, 2.24) is 10.3 Å². The van der Waals surface area contributed by atoms with Crippen molar-refractivity contribution in [3.63, 3.8) is 0 Å². The third kappa shape index (κ3) is 3.18. The Morgan fingerprint density at radius 2 is 2.62 bits per heavy atom. The molecule has 0 unspecified atom stereocenters. The molecule has 1 amide bonds. The minimum atomic E-state index is -1.02. The number of hydrazone groups is 1. The lowest BCUT2D eigenvalue weighted by Gasteiger charge is -2.04. The van der Waals surface area contributed by atoms with E-state index >= 15 is 0 Å². The molecular formula is C7H13N3O3. The summed E-state index contributed by atoms with van der Waals surface area (Å²) in [7, 11) is 0. The molecule has 1 aliphatic rings. The van der Waals surface area contributed by atoms with Crippen molar-refractivity contribution in [3.05, 3.63) is 0 Å². The summed E-state index contributed by atoms with van der Waals surface area (Å²) >= 11 is 0. The zero-order chi connectivity index (χ0) is 9.68. The highest BCUT2D eigenvalue weighted by atomic mass is 16.5. The maximum Gasteiger partial charge on any atom is 0.404 e. The SMILES string of the molecule is CCN1COC(CCNC(=O)O)=N1. The average molecular weight is 187 g/mol. The molecule has 0 saturated carbocycles.